The Morgan fingerprint density at radius 1 is 1.12 bits per heavy atom. The summed E-state index contributed by atoms with van der Waals surface area (Å²) >= 11 is 0. The number of aromatic amines is 1. The number of aromatic nitrogens is 4. The molecule has 1 saturated carbocycles. The first-order valence-electron chi connectivity index (χ1n) is 11.3. The first-order valence-corrected chi connectivity index (χ1v) is 11.3. The summed E-state index contributed by atoms with van der Waals surface area (Å²) in [6.45, 7) is 4.20. The van der Waals surface area contributed by atoms with Gasteiger partial charge in [0.25, 0.3) is 11.5 Å². The largest absolute Gasteiger partial charge is 0.380 e. The Hall–Kier alpha value is -4.14. The van der Waals surface area contributed by atoms with Gasteiger partial charge in [-0.1, -0.05) is 29.8 Å². The highest BCUT2D eigenvalue weighted by atomic mass is 16.2. The Morgan fingerprint density at radius 2 is 1.85 bits per heavy atom. The van der Waals surface area contributed by atoms with E-state index in [1.807, 2.05) is 44.2 Å². The maximum atomic E-state index is 13.4. The fourth-order valence-corrected chi connectivity index (χ4v) is 4.43. The first-order chi connectivity index (χ1) is 16.3. The van der Waals surface area contributed by atoms with Gasteiger partial charge in [0.15, 0.2) is 5.82 Å². The van der Waals surface area contributed by atoms with Crippen LogP contribution in [0.3, 0.4) is 0 Å². The Kier molecular flexibility index (Phi) is 5.31. The number of H-pyrrole nitrogens is 1. The van der Waals surface area contributed by atoms with E-state index in [4.69, 9.17) is 5.73 Å². The van der Waals surface area contributed by atoms with Crippen LogP contribution in [0.1, 0.15) is 52.4 Å². The number of hydrogen-bond acceptors (Lipinski definition) is 5. The second kappa shape index (κ2) is 8.33. The molecule has 1 amide bonds. The normalized spacial score (nSPS) is 13.7. The Morgan fingerprint density at radius 3 is 2.53 bits per heavy atom. The van der Waals surface area contributed by atoms with Crippen molar-refractivity contribution in [2.24, 2.45) is 0 Å². The summed E-state index contributed by atoms with van der Waals surface area (Å²) in [7, 11) is 0. The van der Waals surface area contributed by atoms with Gasteiger partial charge >= 0.3 is 5.69 Å². The van der Waals surface area contributed by atoms with Gasteiger partial charge < -0.3 is 11.1 Å². The average molecular weight is 459 g/mol. The molecule has 9 heteroatoms. The van der Waals surface area contributed by atoms with Crippen molar-refractivity contribution in [3.8, 4) is 5.69 Å². The molecule has 4 aromatic rings. The molecule has 0 saturated heterocycles. The van der Waals surface area contributed by atoms with Crippen LogP contribution in [0.25, 0.3) is 16.7 Å². The fourth-order valence-electron chi connectivity index (χ4n) is 4.43. The number of anilines is 1. The van der Waals surface area contributed by atoms with Crippen LogP contribution in [0.5, 0.6) is 0 Å². The number of amides is 1. The minimum absolute atomic E-state index is 0.0151. The average Bonchev–Trinajstić information content (AvgIpc) is 3.09. The van der Waals surface area contributed by atoms with E-state index in [9.17, 15) is 14.4 Å². The van der Waals surface area contributed by atoms with E-state index >= 15 is 0 Å². The number of fused-ring (bicyclic) bond motifs is 1. The topological polar surface area (TPSA) is 128 Å². The molecular formula is C25H26N6O3. The molecule has 1 aliphatic carbocycles. The van der Waals surface area contributed by atoms with Crippen LogP contribution in [0, 0.1) is 13.8 Å². The van der Waals surface area contributed by atoms with Crippen LogP contribution < -0.4 is 22.3 Å². The summed E-state index contributed by atoms with van der Waals surface area (Å²) in [6.07, 6.45) is 2.71. The molecule has 0 spiro atoms. The summed E-state index contributed by atoms with van der Waals surface area (Å²) < 4.78 is 3.00. The summed E-state index contributed by atoms with van der Waals surface area (Å²) in [6, 6.07) is 13.0. The van der Waals surface area contributed by atoms with Gasteiger partial charge in [-0.3, -0.25) is 18.7 Å². The number of rotatable bonds is 5. The third kappa shape index (κ3) is 3.59. The molecule has 2 aromatic carbocycles. The molecule has 4 N–H and O–H groups in total. The number of nitrogens with two attached hydrogens (primary N) is 1. The smallest absolute Gasteiger partial charge is 0.334 e. The van der Waals surface area contributed by atoms with E-state index in [-0.39, 0.29) is 29.0 Å². The molecule has 0 aliphatic heterocycles. The van der Waals surface area contributed by atoms with E-state index in [0.29, 0.717) is 23.3 Å². The molecule has 2 heterocycles. The number of benzene rings is 2. The number of aryl methyl sites for hydroxylation is 2. The molecule has 174 valence electrons. The molecule has 34 heavy (non-hydrogen) atoms. The maximum Gasteiger partial charge on any atom is 0.334 e. The van der Waals surface area contributed by atoms with Gasteiger partial charge in [0, 0.05) is 18.2 Å². The first kappa shape index (κ1) is 21.7. The predicted octanol–water partition coefficient (Wildman–Crippen LogP) is 2.73. The number of carbonyl (C=O) groups excluding carboxylic acids is 1. The Bertz CT molecular complexity index is 1520. The predicted molar refractivity (Wildman–Crippen MR) is 130 cm³/mol. The number of nitrogens with one attached hydrogen (secondary N) is 2. The lowest BCUT2D eigenvalue weighted by atomic mass is 9.93. The summed E-state index contributed by atoms with van der Waals surface area (Å²) in [5.41, 5.74) is 9.98. The zero-order chi connectivity index (χ0) is 24.0. The summed E-state index contributed by atoms with van der Waals surface area (Å²) in [4.78, 5) is 38.6. The molecule has 1 fully saturated rings. The van der Waals surface area contributed by atoms with Crippen LogP contribution in [-0.2, 0) is 6.54 Å². The van der Waals surface area contributed by atoms with Gasteiger partial charge in [0.2, 0.25) is 0 Å². The van der Waals surface area contributed by atoms with E-state index in [1.165, 1.54) is 4.57 Å². The van der Waals surface area contributed by atoms with Gasteiger partial charge in [0.05, 0.1) is 5.69 Å². The maximum absolute atomic E-state index is 13.4. The van der Waals surface area contributed by atoms with E-state index in [0.717, 1.165) is 36.0 Å². The highest BCUT2D eigenvalue weighted by molar-refractivity contribution is 5.95. The zero-order valence-corrected chi connectivity index (χ0v) is 19.1. The van der Waals surface area contributed by atoms with Crippen molar-refractivity contribution in [1.82, 2.24) is 24.6 Å². The molecular weight excluding hydrogens is 432 g/mol. The van der Waals surface area contributed by atoms with Gasteiger partial charge in [0.1, 0.15) is 11.0 Å². The van der Waals surface area contributed by atoms with Crippen molar-refractivity contribution in [2.75, 3.05) is 5.73 Å². The highest BCUT2D eigenvalue weighted by Gasteiger charge is 2.28. The number of hydrogen-bond donors (Lipinski definition) is 3. The van der Waals surface area contributed by atoms with Crippen molar-refractivity contribution >= 4 is 22.8 Å². The van der Waals surface area contributed by atoms with Gasteiger partial charge in [-0.15, -0.1) is 0 Å². The molecule has 0 unspecified atom stereocenters. The number of imidazole rings is 1. The second-order valence-electron chi connectivity index (χ2n) is 8.88. The molecule has 1 aliphatic rings. The van der Waals surface area contributed by atoms with E-state index < -0.39 is 5.56 Å². The molecule has 0 bridgehead atoms. The van der Waals surface area contributed by atoms with Crippen molar-refractivity contribution < 1.29 is 4.79 Å². The van der Waals surface area contributed by atoms with Gasteiger partial charge in [-0.2, -0.15) is 5.10 Å². The third-order valence-corrected chi connectivity index (χ3v) is 6.55. The molecule has 0 radical (unpaired) electrons. The minimum Gasteiger partial charge on any atom is -0.380 e. The standard InChI is InChI=1S/C25H26N6O3/c1-14-6-7-15(2)19(12-14)23(32)27-13-16-8-10-18(11-9-16)30-20-21(24(33)29-28-22(20)26)31(25(30)34)17-4-3-5-17/h6-12,17H,3-5,13H2,1-2H3,(H2,26,28)(H,27,32)(H,29,33). The second-order valence-corrected chi connectivity index (χ2v) is 8.88. The lowest BCUT2D eigenvalue weighted by Crippen LogP contribution is -2.31. The minimum atomic E-state index is -0.433. The van der Waals surface area contributed by atoms with Crippen LogP contribution in [0.4, 0.5) is 5.82 Å². The van der Waals surface area contributed by atoms with Crippen molar-refractivity contribution in [3.63, 3.8) is 0 Å². The Labute approximate surface area is 195 Å². The third-order valence-electron chi connectivity index (χ3n) is 6.55. The van der Waals surface area contributed by atoms with Crippen LogP contribution >= 0.6 is 0 Å². The fraction of sp³-hybridized carbons (Fsp3) is 0.280. The van der Waals surface area contributed by atoms with Gasteiger partial charge in [-0.25, -0.2) is 9.89 Å². The van der Waals surface area contributed by atoms with E-state index in [1.54, 1.807) is 16.7 Å². The molecule has 9 nitrogen and oxygen atoms in total. The summed E-state index contributed by atoms with van der Waals surface area (Å²) in [5.74, 6) is -0.0437. The highest BCUT2D eigenvalue weighted by Crippen LogP contribution is 2.33. The van der Waals surface area contributed by atoms with Crippen molar-refractivity contribution in [3.05, 3.63) is 85.6 Å². The molecule has 5 rings (SSSR count). The quantitative estimate of drug-likeness (QED) is 0.424. The monoisotopic (exact) mass is 458 g/mol. The van der Waals surface area contributed by atoms with Gasteiger partial charge in [-0.05, 0) is 62.4 Å². The summed E-state index contributed by atoms with van der Waals surface area (Å²) in [5, 5.41) is 9.22. The van der Waals surface area contributed by atoms with Crippen LogP contribution in [0.2, 0.25) is 0 Å². The van der Waals surface area contributed by atoms with E-state index in [2.05, 4.69) is 15.5 Å². The lowest BCUT2D eigenvalue weighted by molar-refractivity contribution is 0.0950. The van der Waals surface area contributed by atoms with Crippen molar-refractivity contribution in [2.45, 2.75) is 45.7 Å². The van der Waals surface area contributed by atoms with Crippen molar-refractivity contribution in [1.29, 1.82) is 0 Å². The van der Waals surface area contributed by atoms with Crippen LogP contribution in [-0.4, -0.2) is 25.2 Å². The lowest BCUT2D eigenvalue weighted by Gasteiger charge is -2.26. The van der Waals surface area contributed by atoms with Crippen LogP contribution in [0.15, 0.2) is 52.1 Å². The number of carbonyl (C=O) groups is 1. The SMILES string of the molecule is Cc1ccc(C)c(C(=O)NCc2ccc(-n3c(=O)n(C4CCC4)c4c(=O)[nH]nc(N)c43)cc2)c1. The molecule has 0 atom stereocenters. The number of nitrogens with zero attached hydrogens (tertiary/aromatic N) is 3. The Balaban J connectivity index is 1.46. The zero-order valence-electron chi connectivity index (χ0n) is 19.1. The molecule has 2 aromatic heterocycles. The number of nitrogen functional groups attached to an aromatic ring is 1.